The van der Waals surface area contributed by atoms with Crippen LogP contribution in [0.4, 0.5) is 0 Å². The third-order valence-electron chi connectivity index (χ3n) is 4.42. The Morgan fingerprint density at radius 1 is 1.29 bits per heavy atom. The molecule has 1 aromatic carbocycles. The smallest absolute Gasteiger partial charge is 0.254 e. The molecule has 1 saturated carbocycles. The zero-order valence-electron chi connectivity index (χ0n) is 11.9. The molecule has 0 bridgehead atoms. The SMILES string of the molecule is O=C(N1CCOC(c2ccc(Cl)cc2)C1)C1(O)CCCC1. The summed E-state index contributed by atoms with van der Waals surface area (Å²) in [5.74, 6) is -0.137. The van der Waals surface area contributed by atoms with E-state index in [1.807, 2.05) is 24.3 Å². The fraction of sp³-hybridized carbons (Fsp3) is 0.562. The van der Waals surface area contributed by atoms with Crippen LogP contribution in [0.2, 0.25) is 5.02 Å². The van der Waals surface area contributed by atoms with E-state index in [2.05, 4.69) is 0 Å². The first-order valence-electron chi connectivity index (χ1n) is 7.47. The lowest BCUT2D eigenvalue weighted by molar-refractivity contribution is -0.158. The van der Waals surface area contributed by atoms with Crippen LogP contribution in [0.25, 0.3) is 0 Å². The molecule has 1 aliphatic carbocycles. The van der Waals surface area contributed by atoms with Gasteiger partial charge in [0.1, 0.15) is 11.7 Å². The van der Waals surface area contributed by atoms with E-state index in [9.17, 15) is 9.90 Å². The highest BCUT2D eigenvalue weighted by atomic mass is 35.5. The van der Waals surface area contributed by atoms with Crippen LogP contribution < -0.4 is 0 Å². The normalized spacial score (nSPS) is 25.0. The van der Waals surface area contributed by atoms with Crippen molar-refractivity contribution in [3.05, 3.63) is 34.9 Å². The minimum absolute atomic E-state index is 0.137. The van der Waals surface area contributed by atoms with E-state index >= 15 is 0 Å². The van der Waals surface area contributed by atoms with Gasteiger partial charge >= 0.3 is 0 Å². The van der Waals surface area contributed by atoms with Crippen molar-refractivity contribution >= 4 is 17.5 Å². The number of hydrogen-bond acceptors (Lipinski definition) is 3. The molecule has 1 atom stereocenters. The summed E-state index contributed by atoms with van der Waals surface area (Å²) in [6, 6.07) is 7.49. The standard InChI is InChI=1S/C16H20ClNO3/c17-13-5-3-12(4-6-13)14-11-18(9-10-21-14)15(19)16(20)7-1-2-8-16/h3-6,14,20H,1-2,7-11H2. The van der Waals surface area contributed by atoms with Crippen molar-refractivity contribution in [1.82, 2.24) is 4.90 Å². The van der Waals surface area contributed by atoms with E-state index in [-0.39, 0.29) is 12.0 Å². The summed E-state index contributed by atoms with van der Waals surface area (Å²) >= 11 is 5.90. The Morgan fingerprint density at radius 2 is 1.95 bits per heavy atom. The van der Waals surface area contributed by atoms with Gasteiger partial charge in [0.25, 0.3) is 5.91 Å². The second-order valence-corrected chi connectivity index (χ2v) is 6.34. The molecule has 2 fully saturated rings. The lowest BCUT2D eigenvalue weighted by atomic mass is 9.99. The summed E-state index contributed by atoms with van der Waals surface area (Å²) in [5.41, 5.74) is -0.141. The minimum Gasteiger partial charge on any atom is -0.380 e. The maximum absolute atomic E-state index is 12.6. The van der Waals surface area contributed by atoms with Crippen molar-refractivity contribution in [2.24, 2.45) is 0 Å². The molecule has 0 spiro atoms. The number of ether oxygens (including phenoxy) is 1. The molecule has 1 aromatic rings. The van der Waals surface area contributed by atoms with Gasteiger partial charge in [0.2, 0.25) is 0 Å². The summed E-state index contributed by atoms with van der Waals surface area (Å²) in [6.45, 7) is 1.53. The molecule has 5 heteroatoms. The first kappa shape index (κ1) is 14.8. The molecule has 0 radical (unpaired) electrons. The van der Waals surface area contributed by atoms with Gasteiger partial charge in [-0.3, -0.25) is 4.79 Å². The van der Waals surface area contributed by atoms with Crippen LogP contribution >= 0.6 is 11.6 Å². The molecule has 114 valence electrons. The Kier molecular flexibility index (Phi) is 4.20. The van der Waals surface area contributed by atoms with Crippen LogP contribution in [0.15, 0.2) is 24.3 Å². The average Bonchev–Trinajstić information content (AvgIpc) is 2.95. The number of rotatable bonds is 2. The predicted octanol–water partition coefficient (Wildman–Crippen LogP) is 2.55. The molecule has 1 N–H and O–H groups in total. The quantitative estimate of drug-likeness (QED) is 0.913. The van der Waals surface area contributed by atoms with Crippen LogP contribution in [0.1, 0.15) is 37.4 Å². The maximum atomic E-state index is 12.6. The van der Waals surface area contributed by atoms with Gasteiger partial charge < -0.3 is 14.7 Å². The van der Waals surface area contributed by atoms with Crippen molar-refractivity contribution < 1.29 is 14.6 Å². The average molecular weight is 310 g/mol. The number of morpholine rings is 1. The highest BCUT2D eigenvalue weighted by Crippen LogP contribution is 2.33. The molecule has 1 aliphatic heterocycles. The van der Waals surface area contributed by atoms with Crippen LogP contribution in [0, 0.1) is 0 Å². The van der Waals surface area contributed by atoms with Crippen molar-refractivity contribution in [2.75, 3.05) is 19.7 Å². The van der Waals surface area contributed by atoms with Gasteiger partial charge in [0.05, 0.1) is 13.2 Å². The minimum atomic E-state index is -1.15. The van der Waals surface area contributed by atoms with Gasteiger partial charge in [-0.05, 0) is 43.4 Å². The van der Waals surface area contributed by atoms with Crippen molar-refractivity contribution in [1.29, 1.82) is 0 Å². The second kappa shape index (κ2) is 5.95. The Morgan fingerprint density at radius 3 is 2.62 bits per heavy atom. The largest absolute Gasteiger partial charge is 0.380 e. The third kappa shape index (κ3) is 3.07. The van der Waals surface area contributed by atoms with Gasteiger partial charge in [-0.1, -0.05) is 23.7 Å². The Balaban J connectivity index is 1.70. The third-order valence-corrected chi connectivity index (χ3v) is 4.68. The van der Waals surface area contributed by atoms with Gasteiger partial charge in [0, 0.05) is 11.6 Å². The zero-order chi connectivity index (χ0) is 14.9. The number of carbonyl (C=O) groups is 1. The van der Waals surface area contributed by atoms with E-state index in [0.717, 1.165) is 18.4 Å². The molecule has 4 nitrogen and oxygen atoms in total. The number of nitrogens with zero attached hydrogens (tertiary/aromatic N) is 1. The van der Waals surface area contributed by atoms with Gasteiger partial charge in [-0.2, -0.15) is 0 Å². The molecule has 1 saturated heterocycles. The van der Waals surface area contributed by atoms with Crippen molar-refractivity contribution in [3.8, 4) is 0 Å². The Labute approximate surface area is 129 Å². The van der Waals surface area contributed by atoms with E-state index in [4.69, 9.17) is 16.3 Å². The fourth-order valence-corrected chi connectivity index (χ4v) is 3.31. The monoisotopic (exact) mass is 309 g/mol. The van der Waals surface area contributed by atoms with Gasteiger partial charge in [0.15, 0.2) is 0 Å². The molecular weight excluding hydrogens is 290 g/mol. The summed E-state index contributed by atoms with van der Waals surface area (Å²) in [6.07, 6.45) is 2.86. The summed E-state index contributed by atoms with van der Waals surface area (Å²) in [5, 5.41) is 11.1. The van der Waals surface area contributed by atoms with Crippen molar-refractivity contribution in [2.45, 2.75) is 37.4 Å². The Bertz CT molecular complexity index is 511. The maximum Gasteiger partial charge on any atom is 0.254 e. The summed E-state index contributed by atoms with van der Waals surface area (Å²) < 4.78 is 5.76. The highest BCUT2D eigenvalue weighted by Gasteiger charge is 2.42. The van der Waals surface area contributed by atoms with Gasteiger partial charge in [-0.15, -0.1) is 0 Å². The van der Waals surface area contributed by atoms with Crippen LogP contribution in [-0.4, -0.2) is 41.2 Å². The zero-order valence-corrected chi connectivity index (χ0v) is 12.7. The molecule has 1 amide bonds. The number of amides is 1. The van der Waals surface area contributed by atoms with E-state index in [1.165, 1.54) is 0 Å². The molecular formula is C16H20ClNO3. The van der Waals surface area contributed by atoms with E-state index in [0.29, 0.717) is 37.6 Å². The lowest BCUT2D eigenvalue weighted by Crippen LogP contribution is -2.51. The topological polar surface area (TPSA) is 49.8 Å². The van der Waals surface area contributed by atoms with Crippen LogP contribution in [0.5, 0.6) is 0 Å². The summed E-state index contributed by atoms with van der Waals surface area (Å²) in [7, 11) is 0. The molecule has 3 rings (SSSR count). The molecule has 1 heterocycles. The van der Waals surface area contributed by atoms with Crippen LogP contribution in [0.3, 0.4) is 0 Å². The summed E-state index contributed by atoms with van der Waals surface area (Å²) in [4.78, 5) is 14.3. The van der Waals surface area contributed by atoms with E-state index < -0.39 is 5.60 Å². The fourth-order valence-electron chi connectivity index (χ4n) is 3.18. The molecule has 2 aliphatic rings. The highest BCUT2D eigenvalue weighted by molar-refractivity contribution is 6.30. The van der Waals surface area contributed by atoms with Crippen LogP contribution in [-0.2, 0) is 9.53 Å². The number of hydrogen-bond donors (Lipinski definition) is 1. The van der Waals surface area contributed by atoms with E-state index in [1.54, 1.807) is 4.90 Å². The predicted molar refractivity (Wildman–Crippen MR) is 80.1 cm³/mol. The molecule has 0 aromatic heterocycles. The number of halogens is 1. The number of aliphatic hydroxyl groups is 1. The second-order valence-electron chi connectivity index (χ2n) is 5.90. The van der Waals surface area contributed by atoms with Gasteiger partial charge in [-0.25, -0.2) is 0 Å². The molecule has 21 heavy (non-hydrogen) atoms. The van der Waals surface area contributed by atoms with Crippen molar-refractivity contribution in [3.63, 3.8) is 0 Å². The number of benzene rings is 1. The first-order chi connectivity index (χ1) is 10.1. The lowest BCUT2D eigenvalue weighted by Gasteiger charge is -2.37. The Hall–Kier alpha value is -1.10. The number of carbonyl (C=O) groups excluding carboxylic acids is 1. The first-order valence-corrected chi connectivity index (χ1v) is 7.85. The molecule has 1 unspecified atom stereocenters.